The summed E-state index contributed by atoms with van der Waals surface area (Å²) in [4.78, 5) is 20.5. The van der Waals surface area contributed by atoms with E-state index in [2.05, 4.69) is 25.2 Å². The first-order valence-corrected chi connectivity index (χ1v) is 13.4. The molecule has 0 radical (unpaired) electrons. The van der Waals surface area contributed by atoms with Crippen LogP contribution in [0.25, 0.3) is 6.08 Å². The van der Waals surface area contributed by atoms with Crippen LogP contribution in [0.15, 0.2) is 85.5 Å². The molecule has 1 atom stereocenters. The van der Waals surface area contributed by atoms with Crippen LogP contribution in [0.3, 0.4) is 0 Å². The van der Waals surface area contributed by atoms with Crippen molar-refractivity contribution < 1.29 is 18.7 Å². The first-order valence-electron chi connectivity index (χ1n) is 13.4. The van der Waals surface area contributed by atoms with Gasteiger partial charge in [-0.05, 0) is 48.9 Å². The number of amides is 1. The number of β-amino-alcohol motifs (C(OH)–C–C–N with tert-alkyl or cyclic N) is 1. The van der Waals surface area contributed by atoms with Crippen LogP contribution in [-0.4, -0.2) is 63.4 Å². The van der Waals surface area contributed by atoms with Crippen molar-refractivity contribution in [3.8, 4) is 0 Å². The first-order chi connectivity index (χ1) is 19.8. The third kappa shape index (κ3) is 7.22. The summed E-state index contributed by atoms with van der Waals surface area (Å²) in [7, 11) is 0. The molecular formula is C31H32F2N6O2. The maximum atomic E-state index is 14.8. The minimum atomic E-state index is -1.64. The van der Waals surface area contributed by atoms with Gasteiger partial charge >= 0.3 is 0 Å². The number of aryl methyl sites for hydroxylation is 1. The predicted molar refractivity (Wildman–Crippen MR) is 154 cm³/mol. The van der Waals surface area contributed by atoms with Crippen LogP contribution in [0.1, 0.15) is 16.7 Å². The summed E-state index contributed by atoms with van der Waals surface area (Å²) in [5.41, 5.74) is 2.22. The lowest BCUT2D eigenvalue weighted by Crippen LogP contribution is -2.52. The molecular weight excluding hydrogens is 526 g/mol. The standard InChI is InChI=1S/C31H32F2N6O2/c1-23-2-4-24(5-3-23)6-13-30(40)36-26-8-10-27(11-9-26)38-16-14-37(15-17-38)19-31(41,20-39-22-34-21-35-39)28-12-7-25(32)18-29(28)33/h2-13,18,21-22,41H,14-17,19-20H2,1H3,(H,36,40)/b13-6+. The summed E-state index contributed by atoms with van der Waals surface area (Å²) < 4.78 is 29.8. The maximum Gasteiger partial charge on any atom is 0.248 e. The number of nitrogens with zero attached hydrogens (tertiary/aromatic N) is 5. The highest BCUT2D eigenvalue weighted by Gasteiger charge is 2.36. The molecule has 1 saturated heterocycles. The van der Waals surface area contributed by atoms with Crippen LogP contribution in [-0.2, 0) is 16.9 Å². The number of halogens is 2. The minimum absolute atomic E-state index is 0.0168. The zero-order chi connectivity index (χ0) is 28.8. The number of aliphatic hydroxyl groups is 1. The van der Waals surface area contributed by atoms with Gasteiger partial charge in [-0.25, -0.2) is 18.4 Å². The number of hydrogen-bond acceptors (Lipinski definition) is 6. The van der Waals surface area contributed by atoms with Crippen LogP contribution in [0.4, 0.5) is 20.2 Å². The number of carbonyl (C=O) groups excluding carboxylic acids is 1. The van der Waals surface area contributed by atoms with Crippen molar-refractivity contribution in [3.05, 3.63) is 114 Å². The SMILES string of the molecule is Cc1ccc(/C=C/C(=O)Nc2ccc(N3CCN(CC(O)(Cn4cncn4)c4ccc(F)cc4F)CC3)cc2)cc1. The number of rotatable bonds is 9. The molecule has 0 bridgehead atoms. The Morgan fingerprint density at radius 1 is 1.00 bits per heavy atom. The highest BCUT2D eigenvalue weighted by molar-refractivity contribution is 6.02. The molecule has 212 valence electrons. The molecule has 1 aromatic heterocycles. The van der Waals surface area contributed by atoms with E-state index in [1.165, 1.54) is 29.5 Å². The van der Waals surface area contributed by atoms with E-state index >= 15 is 0 Å². The summed E-state index contributed by atoms with van der Waals surface area (Å²) >= 11 is 0. The summed E-state index contributed by atoms with van der Waals surface area (Å²) in [5, 5.41) is 18.6. The number of piperazine rings is 1. The quantitative estimate of drug-likeness (QED) is 0.299. The van der Waals surface area contributed by atoms with Gasteiger partial charge in [0.25, 0.3) is 0 Å². The molecule has 5 rings (SSSR count). The third-order valence-electron chi connectivity index (χ3n) is 7.18. The van der Waals surface area contributed by atoms with Crippen LogP contribution in [0.2, 0.25) is 0 Å². The Hall–Kier alpha value is -4.41. The second-order valence-corrected chi connectivity index (χ2v) is 10.3. The van der Waals surface area contributed by atoms with Gasteiger partial charge in [-0.15, -0.1) is 0 Å². The number of aromatic nitrogens is 3. The highest BCUT2D eigenvalue weighted by Crippen LogP contribution is 2.29. The second-order valence-electron chi connectivity index (χ2n) is 10.3. The van der Waals surface area contributed by atoms with Gasteiger partial charge in [0, 0.05) is 61.8 Å². The van der Waals surface area contributed by atoms with Crippen molar-refractivity contribution in [1.29, 1.82) is 0 Å². The number of hydrogen-bond donors (Lipinski definition) is 2. The van der Waals surface area contributed by atoms with Gasteiger partial charge in [0.1, 0.15) is 29.9 Å². The molecule has 1 fully saturated rings. The Labute approximate surface area is 237 Å². The van der Waals surface area contributed by atoms with Crippen molar-refractivity contribution in [1.82, 2.24) is 19.7 Å². The fraction of sp³-hybridized carbons (Fsp3) is 0.258. The summed E-state index contributed by atoms with van der Waals surface area (Å²) in [5.74, 6) is -1.71. The summed E-state index contributed by atoms with van der Waals surface area (Å²) in [6, 6.07) is 18.8. The molecule has 0 aliphatic carbocycles. The van der Waals surface area contributed by atoms with E-state index in [1.54, 1.807) is 6.08 Å². The number of carbonyl (C=O) groups is 1. The lowest BCUT2D eigenvalue weighted by molar-refractivity contribution is -0.111. The lowest BCUT2D eigenvalue weighted by atomic mass is 9.92. The predicted octanol–water partition coefficient (Wildman–Crippen LogP) is 4.23. The van der Waals surface area contributed by atoms with Crippen molar-refractivity contribution >= 4 is 23.4 Å². The molecule has 2 heterocycles. The molecule has 1 amide bonds. The number of anilines is 2. The molecule has 0 spiro atoms. The van der Waals surface area contributed by atoms with Crippen LogP contribution in [0.5, 0.6) is 0 Å². The molecule has 2 N–H and O–H groups in total. The zero-order valence-electron chi connectivity index (χ0n) is 22.8. The topological polar surface area (TPSA) is 86.5 Å². The van der Waals surface area contributed by atoms with Crippen molar-refractivity contribution in [2.45, 2.75) is 19.1 Å². The van der Waals surface area contributed by atoms with Crippen LogP contribution >= 0.6 is 0 Å². The molecule has 1 aliphatic heterocycles. The molecule has 3 aromatic carbocycles. The van der Waals surface area contributed by atoms with E-state index in [-0.39, 0.29) is 24.6 Å². The molecule has 1 aliphatic rings. The minimum Gasteiger partial charge on any atom is -0.382 e. The van der Waals surface area contributed by atoms with E-state index in [0.717, 1.165) is 28.9 Å². The van der Waals surface area contributed by atoms with Crippen molar-refractivity contribution in [3.63, 3.8) is 0 Å². The summed E-state index contributed by atoms with van der Waals surface area (Å²) in [6.45, 7) is 4.78. The van der Waals surface area contributed by atoms with Crippen molar-refractivity contribution in [2.24, 2.45) is 0 Å². The zero-order valence-corrected chi connectivity index (χ0v) is 22.8. The fourth-order valence-corrected chi connectivity index (χ4v) is 4.99. The Morgan fingerprint density at radius 2 is 1.73 bits per heavy atom. The van der Waals surface area contributed by atoms with E-state index < -0.39 is 17.2 Å². The highest BCUT2D eigenvalue weighted by atomic mass is 19.1. The Bertz CT molecular complexity index is 1480. The van der Waals surface area contributed by atoms with E-state index in [9.17, 15) is 18.7 Å². The van der Waals surface area contributed by atoms with Gasteiger partial charge in [-0.1, -0.05) is 35.9 Å². The Morgan fingerprint density at radius 3 is 2.39 bits per heavy atom. The third-order valence-corrected chi connectivity index (χ3v) is 7.18. The van der Waals surface area contributed by atoms with E-state index in [0.29, 0.717) is 31.9 Å². The first kappa shape index (κ1) is 28.1. The summed E-state index contributed by atoms with van der Waals surface area (Å²) in [6.07, 6.45) is 6.09. The molecule has 8 nitrogen and oxygen atoms in total. The Kier molecular flexibility index (Phi) is 8.51. The normalized spacial score (nSPS) is 15.7. The fourth-order valence-electron chi connectivity index (χ4n) is 4.99. The molecule has 4 aromatic rings. The molecule has 10 heteroatoms. The van der Waals surface area contributed by atoms with Crippen molar-refractivity contribution in [2.75, 3.05) is 42.9 Å². The van der Waals surface area contributed by atoms with Crippen LogP contribution in [0, 0.1) is 18.6 Å². The van der Waals surface area contributed by atoms with E-state index in [4.69, 9.17) is 0 Å². The van der Waals surface area contributed by atoms with Gasteiger partial charge in [0.2, 0.25) is 5.91 Å². The molecule has 1 unspecified atom stereocenters. The average molecular weight is 559 g/mol. The van der Waals surface area contributed by atoms with Crippen LogP contribution < -0.4 is 10.2 Å². The van der Waals surface area contributed by atoms with Gasteiger partial charge < -0.3 is 15.3 Å². The molecule has 41 heavy (non-hydrogen) atoms. The van der Waals surface area contributed by atoms with E-state index in [1.807, 2.05) is 55.5 Å². The smallest absolute Gasteiger partial charge is 0.248 e. The maximum absolute atomic E-state index is 14.8. The number of nitrogens with one attached hydrogen (secondary N) is 1. The lowest BCUT2D eigenvalue weighted by Gasteiger charge is -2.40. The second kappa shape index (κ2) is 12.4. The van der Waals surface area contributed by atoms with Gasteiger partial charge in [0.05, 0.1) is 6.54 Å². The van der Waals surface area contributed by atoms with Gasteiger partial charge in [-0.2, -0.15) is 5.10 Å². The monoisotopic (exact) mass is 558 g/mol. The van der Waals surface area contributed by atoms with Gasteiger partial charge in [-0.3, -0.25) is 9.69 Å². The Balaban J connectivity index is 1.18. The number of benzene rings is 3. The van der Waals surface area contributed by atoms with Gasteiger partial charge in [0.15, 0.2) is 0 Å². The largest absolute Gasteiger partial charge is 0.382 e. The molecule has 0 saturated carbocycles. The average Bonchev–Trinajstić information content (AvgIpc) is 3.46.